The first kappa shape index (κ1) is 18.4. The van der Waals surface area contributed by atoms with Crippen molar-refractivity contribution in [1.82, 2.24) is 9.62 Å². The van der Waals surface area contributed by atoms with Crippen molar-refractivity contribution >= 4 is 10.0 Å². The number of rotatable bonds is 7. The van der Waals surface area contributed by atoms with Crippen LogP contribution in [0.25, 0.3) is 0 Å². The summed E-state index contributed by atoms with van der Waals surface area (Å²) in [6, 6.07) is 7.61. The SMILES string of the molecule is CCCN(C1CCNCC1)S(=O)(=O)c1ccc(C(C)CC)cc1. The van der Waals surface area contributed by atoms with Gasteiger partial charge in [-0.2, -0.15) is 4.31 Å². The van der Waals surface area contributed by atoms with Crippen molar-refractivity contribution < 1.29 is 8.42 Å². The molecule has 0 amide bonds. The van der Waals surface area contributed by atoms with Gasteiger partial charge in [-0.3, -0.25) is 0 Å². The molecule has 1 aliphatic heterocycles. The van der Waals surface area contributed by atoms with Gasteiger partial charge < -0.3 is 5.32 Å². The van der Waals surface area contributed by atoms with Crippen LogP contribution in [-0.2, 0) is 10.0 Å². The molecule has 1 aromatic rings. The predicted molar refractivity (Wildman–Crippen MR) is 95.2 cm³/mol. The van der Waals surface area contributed by atoms with Crippen molar-refractivity contribution in [2.45, 2.75) is 63.3 Å². The van der Waals surface area contributed by atoms with Crippen LogP contribution in [0.3, 0.4) is 0 Å². The summed E-state index contributed by atoms with van der Waals surface area (Å²) < 4.78 is 27.9. The van der Waals surface area contributed by atoms with Crippen LogP contribution < -0.4 is 5.32 Å². The number of hydrogen-bond acceptors (Lipinski definition) is 3. The van der Waals surface area contributed by atoms with E-state index in [-0.39, 0.29) is 6.04 Å². The summed E-state index contributed by atoms with van der Waals surface area (Å²) in [5.41, 5.74) is 1.20. The molecule has 23 heavy (non-hydrogen) atoms. The summed E-state index contributed by atoms with van der Waals surface area (Å²) in [6.45, 7) is 8.74. The lowest BCUT2D eigenvalue weighted by atomic mass is 9.99. The lowest BCUT2D eigenvalue weighted by molar-refractivity contribution is 0.262. The van der Waals surface area contributed by atoms with Gasteiger partial charge in [0.2, 0.25) is 10.0 Å². The topological polar surface area (TPSA) is 49.4 Å². The molecule has 4 nitrogen and oxygen atoms in total. The van der Waals surface area contributed by atoms with Gasteiger partial charge >= 0.3 is 0 Å². The van der Waals surface area contributed by atoms with E-state index >= 15 is 0 Å². The van der Waals surface area contributed by atoms with E-state index in [4.69, 9.17) is 0 Å². The van der Waals surface area contributed by atoms with E-state index in [0.29, 0.717) is 17.4 Å². The first-order valence-electron chi connectivity index (χ1n) is 8.83. The quantitative estimate of drug-likeness (QED) is 0.829. The summed E-state index contributed by atoms with van der Waals surface area (Å²) in [5.74, 6) is 0.461. The third-order valence-electron chi connectivity index (χ3n) is 4.83. The van der Waals surface area contributed by atoms with Crippen LogP contribution in [0.15, 0.2) is 29.2 Å². The van der Waals surface area contributed by atoms with Gasteiger partial charge in [0.05, 0.1) is 4.90 Å². The van der Waals surface area contributed by atoms with Crippen molar-refractivity contribution in [3.8, 4) is 0 Å². The molecule has 1 fully saturated rings. The molecule has 1 atom stereocenters. The zero-order valence-corrected chi connectivity index (χ0v) is 15.4. The lowest BCUT2D eigenvalue weighted by Gasteiger charge is -2.33. The molecule has 0 radical (unpaired) electrons. The molecule has 130 valence electrons. The van der Waals surface area contributed by atoms with Crippen molar-refractivity contribution in [3.05, 3.63) is 29.8 Å². The molecule has 0 bridgehead atoms. The minimum atomic E-state index is -3.41. The highest BCUT2D eigenvalue weighted by atomic mass is 32.2. The maximum atomic E-state index is 13.1. The summed E-state index contributed by atoms with van der Waals surface area (Å²) >= 11 is 0. The molecule has 1 aliphatic rings. The first-order valence-corrected chi connectivity index (χ1v) is 10.3. The predicted octanol–water partition coefficient (Wildman–Crippen LogP) is 3.35. The van der Waals surface area contributed by atoms with Crippen LogP contribution in [0, 0.1) is 0 Å². The van der Waals surface area contributed by atoms with Crippen LogP contribution in [0.5, 0.6) is 0 Å². The molecule has 0 spiro atoms. The summed E-state index contributed by atoms with van der Waals surface area (Å²) in [6.07, 6.45) is 3.69. The van der Waals surface area contributed by atoms with Crippen LogP contribution in [0.1, 0.15) is 57.9 Å². The number of nitrogens with one attached hydrogen (secondary N) is 1. The number of benzene rings is 1. The molecular formula is C18H30N2O2S. The van der Waals surface area contributed by atoms with Crippen LogP contribution >= 0.6 is 0 Å². The summed E-state index contributed by atoms with van der Waals surface area (Å²) in [5, 5.41) is 3.31. The van der Waals surface area contributed by atoms with E-state index in [1.165, 1.54) is 5.56 Å². The van der Waals surface area contributed by atoms with E-state index in [9.17, 15) is 8.42 Å². The molecule has 1 N–H and O–H groups in total. The lowest BCUT2D eigenvalue weighted by Crippen LogP contribution is -2.46. The Balaban J connectivity index is 2.25. The molecule has 5 heteroatoms. The van der Waals surface area contributed by atoms with Crippen molar-refractivity contribution in [1.29, 1.82) is 0 Å². The Morgan fingerprint density at radius 1 is 1.17 bits per heavy atom. The van der Waals surface area contributed by atoms with Crippen LogP contribution in [-0.4, -0.2) is 38.4 Å². The zero-order valence-electron chi connectivity index (χ0n) is 14.6. The van der Waals surface area contributed by atoms with Gasteiger partial charge in [-0.15, -0.1) is 0 Å². The highest BCUT2D eigenvalue weighted by Crippen LogP contribution is 2.25. The second-order valence-corrected chi connectivity index (χ2v) is 8.37. The first-order chi connectivity index (χ1) is 11.0. The van der Waals surface area contributed by atoms with Crippen molar-refractivity contribution in [2.75, 3.05) is 19.6 Å². The molecule has 1 heterocycles. The van der Waals surface area contributed by atoms with Crippen LogP contribution in [0.4, 0.5) is 0 Å². The van der Waals surface area contributed by atoms with Gasteiger partial charge in [-0.1, -0.05) is 32.9 Å². The summed E-state index contributed by atoms with van der Waals surface area (Å²) in [7, 11) is -3.41. The third-order valence-corrected chi connectivity index (χ3v) is 6.79. The normalized spacial score (nSPS) is 18.3. The maximum absolute atomic E-state index is 13.1. The molecule has 2 rings (SSSR count). The van der Waals surface area contributed by atoms with Crippen LogP contribution in [0.2, 0.25) is 0 Å². The summed E-state index contributed by atoms with van der Waals surface area (Å²) in [4.78, 5) is 0.427. The average Bonchev–Trinajstić information content (AvgIpc) is 2.59. The highest BCUT2D eigenvalue weighted by Gasteiger charge is 2.31. The van der Waals surface area contributed by atoms with Gasteiger partial charge in [-0.25, -0.2) is 8.42 Å². The minimum Gasteiger partial charge on any atom is -0.317 e. The second kappa shape index (κ2) is 8.27. The smallest absolute Gasteiger partial charge is 0.243 e. The second-order valence-electron chi connectivity index (χ2n) is 6.48. The van der Waals surface area contributed by atoms with E-state index in [0.717, 1.165) is 38.8 Å². The number of sulfonamides is 1. The average molecular weight is 339 g/mol. The largest absolute Gasteiger partial charge is 0.317 e. The van der Waals surface area contributed by atoms with E-state index in [1.807, 2.05) is 19.1 Å². The Morgan fingerprint density at radius 3 is 2.30 bits per heavy atom. The molecule has 0 aliphatic carbocycles. The van der Waals surface area contributed by atoms with Crippen molar-refractivity contribution in [3.63, 3.8) is 0 Å². The van der Waals surface area contributed by atoms with Gasteiger partial charge in [0.25, 0.3) is 0 Å². The Hall–Kier alpha value is -0.910. The maximum Gasteiger partial charge on any atom is 0.243 e. The highest BCUT2D eigenvalue weighted by molar-refractivity contribution is 7.89. The van der Waals surface area contributed by atoms with Gasteiger partial charge in [0.15, 0.2) is 0 Å². The molecule has 0 saturated carbocycles. The fraction of sp³-hybridized carbons (Fsp3) is 0.667. The Kier molecular flexibility index (Phi) is 6.62. The fourth-order valence-corrected chi connectivity index (χ4v) is 4.93. The third kappa shape index (κ3) is 4.34. The van der Waals surface area contributed by atoms with Gasteiger partial charge in [0.1, 0.15) is 0 Å². The monoisotopic (exact) mass is 338 g/mol. The minimum absolute atomic E-state index is 0.121. The number of hydrogen-bond donors (Lipinski definition) is 1. The number of piperidine rings is 1. The number of nitrogens with zero attached hydrogens (tertiary/aromatic N) is 1. The molecular weight excluding hydrogens is 308 g/mol. The Morgan fingerprint density at radius 2 is 1.78 bits per heavy atom. The Bertz CT molecular complexity index is 578. The van der Waals surface area contributed by atoms with E-state index < -0.39 is 10.0 Å². The van der Waals surface area contributed by atoms with Gasteiger partial charge in [-0.05, 0) is 62.4 Å². The van der Waals surface area contributed by atoms with Crippen molar-refractivity contribution in [2.24, 2.45) is 0 Å². The Labute approximate surface area is 141 Å². The van der Waals surface area contributed by atoms with E-state index in [2.05, 4.69) is 19.2 Å². The zero-order chi connectivity index (χ0) is 16.9. The van der Waals surface area contributed by atoms with E-state index in [1.54, 1.807) is 16.4 Å². The molecule has 0 aromatic heterocycles. The molecule has 1 saturated heterocycles. The van der Waals surface area contributed by atoms with Gasteiger partial charge in [0, 0.05) is 12.6 Å². The molecule has 1 aromatic carbocycles. The fourth-order valence-electron chi connectivity index (χ4n) is 3.15. The standard InChI is InChI=1S/C18H30N2O2S/c1-4-14-20(17-10-12-19-13-11-17)23(21,22)18-8-6-16(7-9-18)15(3)5-2/h6-9,15,17,19H,4-5,10-14H2,1-3H3. The molecule has 1 unspecified atom stereocenters.